The van der Waals surface area contributed by atoms with Gasteiger partial charge in [-0.2, -0.15) is 0 Å². The molecule has 2 aromatic rings. The highest BCUT2D eigenvalue weighted by Gasteiger charge is 2.45. The maximum atomic E-state index is 13.0. The molecule has 1 fully saturated rings. The summed E-state index contributed by atoms with van der Waals surface area (Å²) in [5, 5.41) is 11.1. The number of halogens is 1. The molecule has 2 aromatic carbocycles. The molecule has 1 atom stereocenters. The Labute approximate surface area is 184 Å². The maximum Gasteiger partial charge on any atom is 0.295 e. The minimum absolute atomic E-state index is 0.0868. The van der Waals surface area contributed by atoms with Gasteiger partial charge in [0.25, 0.3) is 11.7 Å². The molecule has 0 aromatic heterocycles. The van der Waals surface area contributed by atoms with Crippen molar-refractivity contribution in [3.63, 3.8) is 0 Å². The van der Waals surface area contributed by atoms with Crippen molar-refractivity contribution in [2.24, 2.45) is 0 Å². The van der Waals surface area contributed by atoms with Gasteiger partial charge in [0.05, 0.1) is 18.7 Å². The van der Waals surface area contributed by atoms with Gasteiger partial charge in [0.1, 0.15) is 11.5 Å². The maximum absolute atomic E-state index is 13.0. The predicted molar refractivity (Wildman–Crippen MR) is 117 cm³/mol. The minimum atomic E-state index is -0.690. The zero-order valence-electron chi connectivity index (χ0n) is 17.1. The largest absolute Gasteiger partial charge is 0.507 e. The van der Waals surface area contributed by atoms with Crippen LogP contribution in [0.2, 0.25) is 0 Å². The van der Waals surface area contributed by atoms with Crippen molar-refractivity contribution in [3.05, 3.63) is 69.2 Å². The number of carbonyl (C=O) groups is 2. The van der Waals surface area contributed by atoms with Crippen LogP contribution in [0.25, 0.3) is 5.76 Å². The van der Waals surface area contributed by atoms with Crippen LogP contribution in [0, 0.1) is 6.92 Å². The van der Waals surface area contributed by atoms with Crippen molar-refractivity contribution in [1.82, 2.24) is 4.90 Å². The second-order valence-corrected chi connectivity index (χ2v) is 7.99. The Morgan fingerprint density at radius 3 is 2.57 bits per heavy atom. The van der Waals surface area contributed by atoms with Gasteiger partial charge in [0.15, 0.2) is 0 Å². The third-order valence-electron chi connectivity index (χ3n) is 5.14. The molecule has 1 aliphatic heterocycles. The van der Waals surface area contributed by atoms with E-state index in [0.29, 0.717) is 30.9 Å². The van der Waals surface area contributed by atoms with Gasteiger partial charge in [-0.25, -0.2) is 0 Å². The number of nitrogens with zero attached hydrogens (tertiary/aromatic N) is 1. The summed E-state index contributed by atoms with van der Waals surface area (Å²) in [6.45, 7) is 2.63. The third kappa shape index (κ3) is 4.27. The standard InChI is InChI=1S/C23H24BrNO5/c1-14-12-17(30-3)8-9-18(14)21(26)19-20(15-6-4-7-16(24)13-15)25(10-5-11-29-2)23(28)22(19)27/h4,6-9,12-13,20,26H,5,10-11H2,1-3H3/b21-19+/t20-/m0/s1. The molecular weight excluding hydrogens is 450 g/mol. The smallest absolute Gasteiger partial charge is 0.295 e. The molecular formula is C23H24BrNO5. The summed E-state index contributed by atoms with van der Waals surface area (Å²) in [7, 11) is 3.15. The molecule has 1 aliphatic rings. The number of likely N-dealkylation sites (tertiary alicyclic amines) is 1. The molecule has 7 heteroatoms. The summed E-state index contributed by atoms with van der Waals surface area (Å²) < 4.78 is 11.1. The number of aliphatic hydroxyl groups excluding tert-OH is 1. The van der Waals surface area contributed by atoms with E-state index in [1.807, 2.05) is 31.2 Å². The molecule has 0 unspecified atom stereocenters. The number of amides is 1. The van der Waals surface area contributed by atoms with Gasteiger partial charge in [-0.3, -0.25) is 9.59 Å². The Balaban J connectivity index is 2.15. The number of benzene rings is 2. The number of ether oxygens (including phenoxy) is 2. The average molecular weight is 474 g/mol. The lowest BCUT2D eigenvalue weighted by molar-refractivity contribution is -0.140. The van der Waals surface area contributed by atoms with Gasteiger partial charge in [-0.1, -0.05) is 28.1 Å². The second kappa shape index (κ2) is 9.45. The fourth-order valence-corrected chi connectivity index (χ4v) is 4.10. The molecule has 0 radical (unpaired) electrons. The molecule has 0 aliphatic carbocycles. The molecule has 158 valence electrons. The number of rotatable bonds is 7. The van der Waals surface area contributed by atoms with Crippen molar-refractivity contribution in [2.45, 2.75) is 19.4 Å². The first kappa shape index (κ1) is 22.1. The van der Waals surface area contributed by atoms with Crippen LogP contribution >= 0.6 is 15.9 Å². The number of aliphatic hydroxyl groups is 1. The Kier molecular flexibility index (Phi) is 6.95. The van der Waals surface area contributed by atoms with Crippen molar-refractivity contribution in [1.29, 1.82) is 0 Å². The van der Waals surface area contributed by atoms with Crippen LogP contribution in [-0.4, -0.2) is 49.1 Å². The number of carbonyl (C=O) groups excluding carboxylic acids is 2. The van der Waals surface area contributed by atoms with Crippen LogP contribution in [0.4, 0.5) is 0 Å². The molecule has 1 saturated heterocycles. The fraction of sp³-hybridized carbons (Fsp3) is 0.304. The van der Waals surface area contributed by atoms with Gasteiger partial charge in [-0.15, -0.1) is 0 Å². The Hall–Kier alpha value is -2.64. The third-order valence-corrected chi connectivity index (χ3v) is 5.63. The first-order valence-corrected chi connectivity index (χ1v) is 10.4. The number of hydrogen-bond acceptors (Lipinski definition) is 5. The highest BCUT2D eigenvalue weighted by molar-refractivity contribution is 9.10. The van der Waals surface area contributed by atoms with E-state index >= 15 is 0 Å². The molecule has 0 bridgehead atoms. The number of ketones is 1. The molecule has 0 saturated carbocycles. The zero-order valence-corrected chi connectivity index (χ0v) is 18.7. The SMILES string of the molecule is COCCCN1C(=O)C(=O)/C(=C(/O)c2ccc(OC)cc2C)[C@@H]1c1cccc(Br)c1. The predicted octanol–water partition coefficient (Wildman–Crippen LogP) is 4.22. The van der Waals surface area contributed by atoms with E-state index in [1.54, 1.807) is 32.4 Å². The van der Waals surface area contributed by atoms with E-state index in [9.17, 15) is 14.7 Å². The summed E-state index contributed by atoms with van der Waals surface area (Å²) in [5.41, 5.74) is 2.06. The van der Waals surface area contributed by atoms with E-state index < -0.39 is 17.7 Å². The van der Waals surface area contributed by atoms with Gasteiger partial charge in [-0.05, 0) is 54.8 Å². The summed E-state index contributed by atoms with van der Waals surface area (Å²) >= 11 is 3.45. The topological polar surface area (TPSA) is 76.1 Å². The molecule has 1 heterocycles. The fourth-order valence-electron chi connectivity index (χ4n) is 3.69. The Morgan fingerprint density at radius 2 is 1.93 bits per heavy atom. The van der Waals surface area contributed by atoms with Crippen molar-refractivity contribution in [2.75, 3.05) is 27.4 Å². The van der Waals surface area contributed by atoms with Crippen LogP contribution in [0.1, 0.15) is 29.2 Å². The zero-order chi connectivity index (χ0) is 21.8. The Bertz CT molecular complexity index is 1000. The molecule has 30 heavy (non-hydrogen) atoms. The summed E-state index contributed by atoms with van der Waals surface area (Å²) in [6.07, 6.45) is 0.579. The average Bonchev–Trinajstić information content (AvgIpc) is 2.98. The van der Waals surface area contributed by atoms with Crippen LogP contribution in [0.3, 0.4) is 0 Å². The van der Waals surface area contributed by atoms with Crippen molar-refractivity contribution >= 4 is 33.4 Å². The monoisotopic (exact) mass is 473 g/mol. The number of Topliss-reactive ketones (excluding diaryl/α,β-unsaturated/α-hetero) is 1. The van der Waals surface area contributed by atoms with Crippen molar-refractivity contribution < 1.29 is 24.2 Å². The first-order chi connectivity index (χ1) is 14.4. The molecule has 1 amide bonds. The lowest BCUT2D eigenvalue weighted by Gasteiger charge is -2.25. The number of methoxy groups -OCH3 is 2. The lowest BCUT2D eigenvalue weighted by atomic mass is 9.94. The van der Waals surface area contributed by atoms with Gasteiger partial charge >= 0.3 is 0 Å². The quantitative estimate of drug-likeness (QED) is 0.282. The van der Waals surface area contributed by atoms with Crippen LogP contribution in [-0.2, 0) is 14.3 Å². The van der Waals surface area contributed by atoms with E-state index in [2.05, 4.69) is 15.9 Å². The van der Waals surface area contributed by atoms with Crippen molar-refractivity contribution in [3.8, 4) is 5.75 Å². The van der Waals surface area contributed by atoms with Gasteiger partial charge in [0, 0.05) is 30.3 Å². The normalized spacial score (nSPS) is 18.1. The second-order valence-electron chi connectivity index (χ2n) is 7.07. The van der Waals surface area contributed by atoms with E-state index in [0.717, 1.165) is 15.6 Å². The summed E-state index contributed by atoms with van der Waals surface area (Å²) in [5.74, 6) is -0.853. The van der Waals surface area contributed by atoms with Gasteiger partial charge in [0.2, 0.25) is 0 Å². The molecule has 1 N–H and O–H groups in total. The number of hydrogen-bond donors (Lipinski definition) is 1. The molecule has 6 nitrogen and oxygen atoms in total. The summed E-state index contributed by atoms with van der Waals surface area (Å²) in [4.78, 5) is 27.4. The minimum Gasteiger partial charge on any atom is -0.507 e. The van der Waals surface area contributed by atoms with E-state index in [-0.39, 0.29) is 11.3 Å². The first-order valence-electron chi connectivity index (χ1n) is 9.56. The van der Waals surface area contributed by atoms with E-state index in [1.165, 1.54) is 4.90 Å². The van der Waals surface area contributed by atoms with Gasteiger partial charge < -0.3 is 19.5 Å². The molecule has 3 rings (SSSR count). The van der Waals surface area contributed by atoms with Crippen LogP contribution in [0.15, 0.2) is 52.5 Å². The highest BCUT2D eigenvalue weighted by Crippen LogP contribution is 2.40. The van der Waals surface area contributed by atoms with Crippen LogP contribution in [0.5, 0.6) is 5.75 Å². The molecule has 0 spiro atoms. The summed E-state index contributed by atoms with van der Waals surface area (Å²) in [6, 6.07) is 11.9. The highest BCUT2D eigenvalue weighted by atomic mass is 79.9. The lowest BCUT2D eigenvalue weighted by Crippen LogP contribution is -2.31. The number of aryl methyl sites for hydroxylation is 1. The van der Waals surface area contributed by atoms with E-state index in [4.69, 9.17) is 9.47 Å². The van der Waals surface area contributed by atoms with Crippen LogP contribution < -0.4 is 4.74 Å². The Morgan fingerprint density at radius 1 is 1.17 bits per heavy atom.